The molecule has 110 valence electrons. The number of urea groups is 1. The van der Waals surface area contributed by atoms with Crippen LogP contribution in [0.25, 0.3) is 0 Å². The molecule has 1 saturated heterocycles. The van der Waals surface area contributed by atoms with Gasteiger partial charge in [-0.05, 0) is 40.5 Å². The maximum absolute atomic E-state index is 12.0. The first-order chi connectivity index (χ1) is 8.79. The van der Waals surface area contributed by atoms with Crippen LogP contribution in [0.15, 0.2) is 0 Å². The molecule has 1 aliphatic heterocycles. The lowest BCUT2D eigenvalue weighted by atomic mass is 10.2. The normalized spacial score (nSPS) is 18.4. The fourth-order valence-electron chi connectivity index (χ4n) is 2.00. The second-order valence-electron chi connectivity index (χ2n) is 6.11. The zero-order valence-corrected chi connectivity index (χ0v) is 12.5. The zero-order chi connectivity index (χ0) is 14.5. The van der Waals surface area contributed by atoms with E-state index in [2.05, 4.69) is 5.32 Å². The Morgan fingerprint density at radius 2 is 1.63 bits per heavy atom. The Hall–Kier alpha value is -1.26. The third-order valence-electron chi connectivity index (χ3n) is 2.99. The number of esters is 1. The molecule has 0 spiro atoms. The molecule has 1 atom stereocenters. The Morgan fingerprint density at radius 3 is 2.11 bits per heavy atom. The summed E-state index contributed by atoms with van der Waals surface area (Å²) in [6.07, 6.45) is 4.42. The lowest BCUT2D eigenvalue weighted by molar-refractivity contribution is -0.156. The van der Waals surface area contributed by atoms with Crippen LogP contribution in [0, 0.1) is 0 Å². The van der Waals surface area contributed by atoms with Crippen LogP contribution in [-0.4, -0.2) is 41.6 Å². The molecule has 19 heavy (non-hydrogen) atoms. The Bertz CT molecular complexity index is 315. The molecule has 0 unspecified atom stereocenters. The third-order valence-corrected chi connectivity index (χ3v) is 2.99. The molecule has 0 aliphatic carbocycles. The molecule has 5 nitrogen and oxygen atoms in total. The van der Waals surface area contributed by atoms with E-state index in [1.165, 1.54) is 12.8 Å². The highest BCUT2D eigenvalue weighted by Gasteiger charge is 2.25. The topological polar surface area (TPSA) is 58.6 Å². The fraction of sp³-hybridized carbons (Fsp3) is 0.857. The summed E-state index contributed by atoms with van der Waals surface area (Å²) >= 11 is 0. The van der Waals surface area contributed by atoms with E-state index < -0.39 is 17.6 Å². The Labute approximate surface area is 115 Å². The number of hydrogen-bond donors (Lipinski definition) is 1. The number of hydrogen-bond acceptors (Lipinski definition) is 3. The molecular formula is C14H26N2O3. The molecule has 0 bridgehead atoms. The molecule has 0 aromatic carbocycles. The first-order valence-electron chi connectivity index (χ1n) is 7.08. The molecule has 1 rings (SSSR count). The van der Waals surface area contributed by atoms with E-state index in [1.807, 2.05) is 20.8 Å². The standard InChI is InChI=1S/C14H26N2O3/c1-11(12(17)19-14(2,3)4)15-13(18)16-9-7-5-6-8-10-16/h11H,5-10H2,1-4H3,(H,15,18)/t11-/m0/s1. The van der Waals surface area contributed by atoms with Crippen molar-refractivity contribution in [2.24, 2.45) is 0 Å². The molecule has 0 saturated carbocycles. The molecule has 2 amide bonds. The van der Waals surface area contributed by atoms with E-state index in [4.69, 9.17) is 4.74 Å². The highest BCUT2D eigenvalue weighted by molar-refractivity contribution is 5.83. The largest absolute Gasteiger partial charge is 0.458 e. The van der Waals surface area contributed by atoms with Crippen LogP contribution in [0.2, 0.25) is 0 Å². The Balaban J connectivity index is 2.44. The summed E-state index contributed by atoms with van der Waals surface area (Å²) in [7, 11) is 0. The lowest BCUT2D eigenvalue weighted by Crippen LogP contribution is -2.48. The van der Waals surface area contributed by atoms with Crippen molar-refractivity contribution in [1.29, 1.82) is 0 Å². The van der Waals surface area contributed by atoms with Gasteiger partial charge in [0.05, 0.1) is 0 Å². The van der Waals surface area contributed by atoms with Gasteiger partial charge in [0.15, 0.2) is 0 Å². The summed E-state index contributed by atoms with van der Waals surface area (Å²) < 4.78 is 5.24. The van der Waals surface area contributed by atoms with Gasteiger partial charge < -0.3 is 15.0 Å². The minimum absolute atomic E-state index is 0.166. The third kappa shape index (κ3) is 5.94. The van der Waals surface area contributed by atoms with Crippen LogP contribution in [0.4, 0.5) is 4.79 Å². The van der Waals surface area contributed by atoms with Gasteiger partial charge in [0.2, 0.25) is 0 Å². The summed E-state index contributed by atoms with van der Waals surface area (Å²) in [6.45, 7) is 8.64. The van der Waals surface area contributed by atoms with Crippen molar-refractivity contribution in [2.45, 2.75) is 65.0 Å². The summed E-state index contributed by atoms with van der Waals surface area (Å²) in [5, 5.41) is 2.71. The summed E-state index contributed by atoms with van der Waals surface area (Å²) in [4.78, 5) is 25.6. The van der Waals surface area contributed by atoms with Crippen LogP contribution in [0.5, 0.6) is 0 Å². The van der Waals surface area contributed by atoms with Crippen LogP contribution in [-0.2, 0) is 9.53 Å². The van der Waals surface area contributed by atoms with E-state index in [-0.39, 0.29) is 6.03 Å². The maximum Gasteiger partial charge on any atom is 0.328 e. The van der Waals surface area contributed by atoms with Gasteiger partial charge in [-0.1, -0.05) is 12.8 Å². The van der Waals surface area contributed by atoms with Gasteiger partial charge in [0.25, 0.3) is 0 Å². The van der Waals surface area contributed by atoms with Gasteiger partial charge in [-0.2, -0.15) is 0 Å². The monoisotopic (exact) mass is 270 g/mol. The number of amides is 2. The van der Waals surface area contributed by atoms with Crippen molar-refractivity contribution < 1.29 is 14.3 Å². The number of nitrogens with zero attached hydrogens (tertiary/aromatic N) is 1. The zero-order valence-electron chi connectivity index (χ0n) is 12.5. The predicted molar refractivity (Wildman–Crippen MR) is 73.9 cm³/mol. The predicted octanol–water partition coefficient (Wildman–Crippen LogP) is 2.30. The number of nitrogens with one attached hydrogen (secondary N) is 1. The van der Waals surface area contributed by atoms with Crippen molar-refractivity contribution in [1.82, 2.24) is 10.2 Å². The second kappa shape index (κ2) is 6.78. The molecule has 1 fully saturated rings. The average molecular weight is 270 g/mol. The van der Waals surface area contributed by atoms with Gasteiger partial charge >= 0.3 is 12.0 Å². The smallest absolute Gasteiger partial charge is 0.328 e. The molecule has 1 N–H and O–H groups in total. The molecule has 5 heteroatoms. The van der Waals surface area contributed by atoms with E-state index in [0.29, 0.717) is 0 Å². The first kappa shape index (κ1) is 15.8. The molecule has 0 radical (unpaired) electrons. The van der Waals surface area contributed by atoms with Crippen molar-refractivity contribution in [3.63, 3.8) is 0 Å². The quantitative estimate of drug-likeness (QED) is 0.783. The Morgan fingerprint density at radius 1 is 1.11 bits per heavy atom. The summed E-state index contributed by atoms with van der Waals surface area (Å²) in [6, 6.07) is -0.782. The first-order valence-corrected chi connectivity index (χ1v) is 7.08. The number of likely N-dealkylation sites (tertiary alicyclic amines) is 1. The van der Waals surface area contributed by atoms with Crippen molar-refractivity contribution in [3.05, 3.63) is 0 Å². The highest BCUT2D eigenvalue weighted by Crippen LogP contribution is 2.11. The minimum atomic E-state index is -0.616. The van der Waals surface area contributed by atoms with E-state index in [0.717, 1.165) is 25.9 Å². The van der Waals surface area contributed by atoms with Crippen LogP contribution in [0.1, 0.15) is 53.4 Å². The van der Waals surface area contributed by atoms with E-state index >= 15 is 0 Å². The average Bonchev–Trinajstić information content (AvgIpc) is 2.54. The lowest BCUT2D eigenvalue weighted by Gasteiger charge is -2.25. The second-order valence-corrected chi connectivity index (χ2v) is 6.11. The van der Waals surface area contributed by atoms with Crippen LogP contribution < -0.4 is 5.32 Å². The molecule has 0 aromatic rings. The molecule has 1 aliphatic rings. The molecular weight excluding hydrogens is 244 g/mol. The van der Waals surface area contributed by atoms with Gasteiger partial charge in [-0.25, -0.2) is 9.59 Å². The van der Waals surface area contributed by atoms with Crippen molar-refractivity contribution in [2.75, 3.05) is 13.1 Å². The van der Waals surface area contributed by atoms with Crippen molar-refractivity contribution >= 4 is 12.0 Å². The fourth-order valence-corrected chi connectivity index (χ4v) is 2.00. The molecule has 0 aromatic heterocycles. The summed E-state index contributed by atoms with van der Waals surface area (Å²) in [5.41, 5.74) is -0.529. The summed E-state index contributed by atoms with van der Waals surface area (Å²) in [5.74, 6) is -0.393. The van der Waals surface area contributed by atoms with Gasteiger partial charge in [0.1, 0.15) is 11.6 Å². The SMILES string of the molecule is C[C@H](NC(=O)N1CCCCCC1)C(=O)OC(C)(C)C. The number of ether oxygens (including phenoxy) is 1. The van der Waals surface area contributed by atoms with Crippen molar-refractivity contribution in [3.8, 4) is 0 Å². The van der Waals surface area contributed by atoms with E-state index in [1.54, 1.807) is 11.8 Å². The number of carbonyl (C=O) groups is 2. The number of carbonyl (C=O) groups excluding carboxylic acids is 2. The van der Waals surface area contributed by atoms with E-state index in [9.17, 15) is 9.59 Å². The van der Waals surface area contributed by atoms with Gasteiger partial charge in [0, 0.05) is 13.1 Å². The maximum atomic E-state index is 12.0. The Kier molecular flexibility index (Phi) is 5.63. The van der Waals surface area contributed by atoms with Crippen LogP contribution in [0.3, 0.4) is 0 Å². The minimum Gasteiger partial charge on any atom is -0.458 e. The van der Waals surface area contributed by atoms with Crippen LogP contribution >= 0.6 is 0 Å². The van der Waals surface area contributed by atoms with Gasteiger partial charge in [-0.15, -0.1) is 0 Å². The highest BCUT2D eigenvalue weighted by atomic mass is 16.6. The molecule has 1 heterocycles. The van der Waals surface area contributed by atoms with Gasteiger partial charge in [-0.3, -0.25) is 0 Å². The number of rotatable bonds is 2.